The van der Waals surface area contributed by atoms with Crippen molar-refractivity contribution in [2.45, 2.75) is 97.5 Å². The van der Waals surface area contributed by atoms with E-state index in [1.54, 1.807) is 0 Å². The van der Waals surface area contributed by atoms with Crippen molar-refractivity contribution in [2.24, 2.45) is 0 Å². The Morgan fingerprint density at radius 3 is 1.72 bits per heavy atom. The van der Waals surface area contributed by atoms with Gasteiger partial charge in [0.2, 0.25) is 0 Å². The molecule has 0 N–H and O–H groups in total. The largest absolute Gasteiger partial charge is 0.460 e. The summed E-state index contributed by atoms with van der Waals surface area (Å²) in [5.74, 6) is -0.0505. The monoisotopic (exact) mass is 256 g/mol. The third-order valence-corrected chi connectivity index (χ3v) is 2.90. The van der Waals surface area contributed by atoms with Crippen molar-refractivity contribution in [3.05, 3.63) is 0 Å². The Bertz CT molecular complexity index is 204. The lowest BCUT2D eigenvalue weighted by Gasteiger charge is -2.19. The first-order chi connectivity index (χ1) is 8.45. The molecule has 0 saturated heterocycles. The molecule has 0 heterocycles. The van der Waals surface area contributed by atoms with Gasteiger partial charge < -0.3 is 4.74 Å². The molecule has 0 spiro atoms. The molecular weight excluding hydrogens is 224 g/mol. The van der Waals surface area contributed by atoms with E-state index < -0.39 is 0 Å². The molecule has 18 heavy (non-hydrogen) atoms. The van der Waals surface area contributed by atoms with Crippen molar-refractivity contribution in [1.82, 2.24) is 0 Å². The van der Waals surface area contributed by atoms with Gasteiger partial charge in [0.05, 0.1) is 0 Å². The molecule has 0 aliphatic heterocycles. The van der Waals surface area contributed by atoms with Gasteiger partial charge in [-0.2, -0.15) is 0 Å². The zero-order valence-corrected chi connectivity index (χ0v) is 12.9. The highest BCUT2D eigenvalue weighted by Crippen LogP contribution is 2.13. The zero-order chi connectivity index (χ0) is 13.9. The number of carbonyl (C=O) groups is 1. The lowest BCUT2D eigenvalue weighted by molar-refractivity contribution is -0.154. The average molecular weight is 256 g/mol. The SMILES string of the molecule is CCCCCCCCCCCC(=O)OC(C)(C)C. The van der Waals surface area contributed by atoms with Gasteiger partial charge in [-0.1, -0.05) is 58.3 Å². The van der Waals surface area contributed by atoms with Crippen LogP contribution in [0.5, 0.6) is 0 Å². The van der Waals surface area contributed by atoms with Gasteiger partial charge in [-0.3, -0.25) is 4.79 Å². The van der Waals surface area contributed by atoms with Gasteiger partial charge in [0.25, 0.3) is 0 Å². The van der Waals surface area contributed by atoms with Crippen LogP contribution in [0.2, 0.25) is 0 Å². The molecule has 0 bridgehead atoms. The van der Waals surface area contributed by atoms with E-state index in [0.29, 0.717) is 6.42 Å². The van der Waals surface area contributed by atoms with Crippen molar-refractivity contribution >= 4 is 5.97 Å². The molecule has 2 heteroatoms. The molecule has 0 radical (unpaired) electrons. The maximum absolute atomic E-state index is 11.4. The van der Waals surface area contributed by atoms with Gasteiger partial charge in [0, 0.05) is 6.42 Å². The molecular formula is C16H32O2. The molecule has 0 aromatic heterocycles. The molecule has 0 aromatic rings. The van der Waals surface area contributed by atoms with Gasteiger partial charge in [-0.15, -0.1) is 0 Å². The normalized spacial score (nSPS) is 11.6. The van der Waals surface area contributed by atoms with Crippen LogP contribution < -0.4 is 0 Å². The number of unbranched alkanes of at least 4 members (excludes halogenated alkanes) is 8. The Hall–Kier alpha value is -0.530. The van der Waals surface area contributed by atoms with Crippen LogP contribution in [0.3, 0.4) is 0 Å². The van der Waals surface area contributed by atoms with Crippen LogP contribution in [0.15, 0.2) is 0 Å². The molecule has 0 saturated carbocycles. The van der Waals surface area contributed by atoms with Crippen molar-refractivity contribution < 1.29 is 9.53 Å². The summed E-state index contributed by atoms with van der Waals surface area (Å²) in [6, 6.07) is 0. The van der Waals surface area contributed by atoms with Crippen LogP contribution in [-0.4, -0.2) is 11.6 Å². The van der Waals surface area contributed by atoms with Crippen LogP contribution in [0.25, 0.3) is 0 Å². The second-order valence-corrected chi connectivity index (χ2v) is 6.16. The predicted molar refractivity (Wildman–Crippen MR) is 77.7 cm³/mol. The Morgan fingerprint density at radius 2 is 1.28 bits per heavy atom. The fourth-order valence-corrected chi connectivity index (χ4v) is 1.97. The van der Waals surface area contributed by atoms with E-state index in [-0.39, 0.29) is 11.6 Å². The maximum atomic E-state index is 11.4. The fraction of sp³-hybridized carbons (Fsp3) is 0.938. The number of ether oxygens (including phenoxy) is 1. The number of hydrogen-bond donors (Lipinski definition) is 0. The first kappa shape index (κ1) is 17.5. The second-order valence-electron chi connectivity index (χ2n) is 6.16. The third kappa shape index (κ3) is 13.5. The molecule has 2 nitrogen and oxygen atoms in total. The summed E-state index contributed by atoms with van der Waals surface area (Å²) < 4.78 is 5.27. The molecule has 0 aliphatic rings. The highest BCUT2D eigenvalue weighted by Gasteiger charge is 2.15. The standard InChI is InChI=1S/C16H32O2/c1-5-6-7-8-9-10-11-12-13-14-15(17)18-16(2,3)4/h5-14H2,1-4H3. The molecule has 0 aliphatic carbocycles. The van der Waals surface area contributed by atoms with Gasteiger partial charge in [-0.05, 0) is 27.2 Å². The van der Waals surface area contributed by atoms with E-state index in [1.807, 2.05) is 20.8 Å². The van der Waals surface area contributed by atoms with E-state index >= 15 is 0 Å². The number of rotatable bonds is 10. The molecule has 0 fully saturated rings. The molecule has 0 atom stereocenters. The van der Waals surface area contributed by atoms with Crippen molar-refractivity contribution in [3.8, 4) is 0 Å². The van der Waals surface area contributed by atoms with E-state index in [2.05, 4.69) is 6.92 Å². The van der Waals surface area contributed by atoms with Gasteiger partial charge in [0.15, 0.2) is 0 Å². The summed E-state index contributed by atoms with van der Waals surface area (Å²) in [5.41, 5.74) is -0.337. The van der Waals surface area contributed by atoms with Gasteiger partial charge in [-0.25, -0.2) is 0 Å². The molecule has 0 aromatic carbocycles. The van der Waals surface area contributed by atoms with E-state index in [9.17, 15) is 4.79 Å². The first-order valence-corrected chi connectivity index (χ1v) is 7.67. The molecule has 108 valence electrons. The van der Waals surface area contributed by atoms with Crippen LogP contribution >= 0.6 is 0 Å². The first-order valence-electron chi connectivity index (χ1n) is 7.67. The summed E-state index contributed by atoms with van der Waals surface area (Å²) in [7, 11) is 0. The summed E-state index contributed by atoms with van der Waals surface area (Å²) in [5, 5.41) is 0. The van der Waals surface area contributed by atoms with Crippen LogP contribution in [0, 0.1) is 0 Å². The van der Waals surface area contributed by atoms with E-state index in [0.717, 1.165) is 12.8 Å². The van der Waals surface area contributed by atoms with Crippen molar-refractivity contribution in [3.63, 3.8) is 0 Å². The van der Waals surface area contributed by atoms with Crippen molar-refractivity contribution in [2.75, 3.05) is 0 Å². The summed E-state index contributed by atoms with van der Waals surface area (Å²) >= 11 is 0. The van der Waals surface area contributed by atoms with Gasteiger partial charge >= 0.3 is 5.97 Å². The van der Waals surface area contributed by atoms with Crippen molar-refractivity contribution in [1.29, 1.82) is 0 Å². The molecule has 0 amide bonds. The van der Waals surface area contributed by atoms with E-state index in [1.165, 1.54) is 44.9 Å². The minimum absolute atomic E-state index is 0.0505. The van der Waals surface area contributed by atoms with Crippen LogP contribution in [0.1, 0.15) is 91.9 Å². The molecule has 0 rings (SSSR count). The summed E-state index contributed by atoms with van der Waals surface area (Å²) in [6.07, 6.45) is 12.1. The smallest absolute Gasteiger partial charge is 0.306 e. The third-order valence-electron chi connectivity index (χ3n) is 2.90. The zero-order valence-electron chi connectivity index (χ0n) is 12.9. The van der Waals surface area contributed by atoms with E-state index in [4.69, 9.17) is 4.74 Å². The number of hydrogen-bond acceptors (Lipinski definition) is 2. The molecule has 0 unspecified atom stereocenters. The Balaban J connectivity index is 3.23. The fourth-order valence-electron chi connectivity index (χ4n) is 1.97. The topological polar surface area (TPSA) is 26.3 Å². The lowest BCUT2D eigenvalue weighted by Crippen LogP contribution is -2.23. The lowest BCUT2D eigenvalue weighted by atomic mass is 10.1. The highest BCUT2D eigenvalue weighted by molar-refractivity contribution is 5.69. The van der Waals surface area contributed by atoms with Crippen LogP contribution in [0.4, 0.5) is 0 Å². The van der Waals surface area contributed by atoms with Gasteiger partial charge in [0.1, 0.15) is 5.60 Å². The Kier molecular flexibility index (Phi) is 10.1. The number of carbonyl (C=O) groups excluding carboxylic acids is 1. The summed E-state index contributed by atoms with van der Waals surface area (Å²) in [6.45, 7) is 8.00. The maximum Gasteiger partial charge on any atom is 0.306 e. The number of esters is 1. The minimum Gasteiger partial charge on any atom is -0.460 e. The predicted octanol–water partition coefficient (Wildman–Crippen LogP) is 5.25. The quantitative estimate of drug-likeness (QED) is 0.394. The summed E-state index contributed by atoms with van der Waals surface area (Å²) in [4.78, 5) is 11.4. The Labute approximate surface area is 113 Å². The minimum atomic E-state index is -0.337. The Morgan fingerprint density at radius 1 is 0.833 bits per heavy atom. The highest BCUT2D eigenvalue weighted by atomic mass is 16.6. The second kappa shape index (κ2) is 10.4. The van der Waals surface area contributed by atoms with Crippen LogP contribution in [-0.2, 0) is 9.53 Å². The average Bonchev–Trinajstić information content (AvgIpc) is 2.24.